The lowest BCUT2D eigenvalue weighted by atomic mass is 10.0. The minimum Gasteiger partial charge on any atom is -0.444 e. The summed E-state index contributed by atoms with van der Waals surface area (Å²) in [6.45, 7) is 18.5. The highest BCUT2D eigenvalue weighted by Crippen LogP contribution is 2.37. The molecule has 0 aliphatic carbocycles. The fraction of sp³-hybridized carbons (Fsp3) is 0.889. The molecule has 150 valence electrons. The highest BCUT2D eigenvalue weighted by molar-refractivity contribution is 6.74. The fourth-order valence-corrected chi connectivity index (χ4v) is 4.03. The van der Waals surface area contributed by atoms with E-state index >= 15 is 0 Å². The SMILES string of the molecule is CC(C)(C)OC(=O)N1CCN2C(=O)NCC2[C@H]1CO[Si](C)(C)C(C)(C)C. The van der Waals surface area contributed by atoms with E-state index in [4.69, 9.17) is 9.16 Å². The summed E-state index contributed by atoms with van der Waals surface area (Å²) < 4.78 is 12.0. The van der Waals surface area contributed by atoms with Crippen molar-refractivity contribution < 1.29 is 18.8 Å². The molecular weight excluding hydrogens is 350 g/mol. The van der Waals surface area contributed by atoms with Crippen LogP contribution >= 0.6 is 0 Å². The van der Waals surface area contributed by atoms with Crippen LogP contribution < -0.4 is 5.32 Å². The zero-order valence-corrected chi connectivity index (χ0v) is 18.5. The monoisotopic (exact) mass is 385 g/mol. The second-order valence-corrected chi connectivity index (χ2v) is 14.6. The smallest absolute Gasteiger partial charge is 0.410 e. The van der Waals surface area contributed by atoms with Gasteiger partial charge >= 0.3 is 12.1 Å². The summed E-state index contributed by atoms with van der Waals surface area (Å²) >= 11 is 0. The lowest BCUT2D eigenvalue weighted by Gasteiger charge is -2.45. The molecule has 3 amide bonds. The largest absolute Gasteiger partial charge is 0.444 e. The van der Waals surface area contributed by atoms with E-state index in [-0.39, 0.29) is 29.2 Å². The third-order valence-electron chi connectivity index (χ3n) is 5.60. The molecule has 0 aromatic carbocycles. The first-order valence-corrected chi connectivity index (χ1v) is 12.3. The molecule has 1 unspecified atom stereocenters. The molecule has 0 bridgehead atoms. The molecule has 0 radical (unpaired) electrons. The maximum atomic E-state index is 12.8. The van der Waals surface area contributed by atoms with Crippen molar-refractivity contribution in [3.8, 4) is 0 Å². The molecule has 2 aliphatic heterocycles. The number of urea groups is 1. The predicted octanol–water partition coefficient (Wildman–Crippen LogP) is 3.02. The Morgan fingerprint density at radius 3 is 2.35 bits per heavy atom. The zero-order valence-electron chi connectivity index (χ0n) is 17.5. The number of ether oxygens (including phenoxy) is 1. The van der Waals surface area contributed by atoms with Crippen molar-refractivity contribution in [2.45, 2.75) is 77.4 Å². The summed E-state index contributed by atoms with van der Waals surface area (Å²) in [5, 5.41) is 2.98. The molecule has 0 saturated carbocycles. The van der Waals surface area contributed by atoms with Gasteiger partial charge in [-0.3, -0.25) is 4.90 Å². The lowest BCUT2D eigenvalue weighted by Crippen LogP contribution is -2.63. The minimum absolute atomic E-state index is 0.0591. The molecular formula is C18H35N3O4Si. The summed E-state index contributed by atoms with van der Waals surface area (Å²) in [7, 11) is -1.96. The van der Waals surface area contributed by atoms with Gasteiger partial charge in [0.2, 0.25) is 0 Å². The first-order valence-electron chi connectivity index (χ1n) is 9.41. The van der Waals surface area contributed by atoms with E-state index in [9.17, 15) is 9.59 Å². The molecule has 2 heterocycles. The van der Waals surface area contributed by atoms with E-state index in [2.05, 4.69) is 39.2 Å². The Labute approximate surface area is 158 Å². The van der Waals surface area contributed by atoms with Crippen LogP contribution in [-0.2, 0) is 9.16 Å². The number of fused-ring (bicyclic) bond motifs is 1. The van der Waals surface area contributed by atoms with Crippen LogP contribution in [0.5, 0.6) is 0 Å². The fourth-order valence-electron chi connectivity index (χ4n) is 3.01. The molecule has 26 heavy (non-hydrogen) atoms. The van der Waals surface area contributed by atoms with Gasteiger partial charge in [0.25, 0.3) is 0 Å². The van der Waals surface area contributed by atoms with Crippen LogP contribution in [0.25, 0.3) is 0 Å². The van der Waals surface area contributed by atoms with Gasteiger partial charge in [-0.15, -0.1) is 0 Å². The van der Waals surface area contributed by atoms with Crippen LogP contribution in [-0.4, -0.2) is 74.2 Å². The van der Waals surface area contributed by atoms with Crippen LogP contribution in [0.3, 0.4) is 0 Å². The number of carbonyl (C=O) groups is 2. The third-order valence-corrected chi connectivity index (χ3v) is 10.1. The van der Waals surface area contributed by atoms with Crippen molar-refractivity contribution in [3.63, 3.8) is 0 Å². The normalized spacial score (nSPS) is 24.4. The van der Waals surface area contributed by atoms with Crippen molar-refractivity contribution in [2.75, 3.05) is 26.2 Å². The molecule has 1 N–H and O–H groups in total. The Morgan fingerprint density at radius 1 is 1.19 bits per heavy atom. The highest BCUT2D eigenvalue weighted by atomic mass is 28.4. The molecule has 2 rings (SSSR count). The predicted molar refractivity (Wildman–Crippen MR) is 104 cm³/mol. The van der Waals surface area contributed by atoms with Gasteiger partial charge in [-0.2, -0.15) is 0 Å². The Balaban J connectivity index is 2.19. The number of amides is 3. The van der Waals surface area contributed by atoms with E-state index in [0.29, 0.717) is 26.2 Å². The number of nitrogens with zero attached hydrogens (tertiary/aromatic N) is 2. The zero-order chi connectivity index (χ0) is 19.9. The topological polar surface area (TPSA) is 71.1 Å². The van der Waals surface area contributed by atoms with Gasteiger partial charge in [0.15, 0.2) is 8.32 Å². The van der Waals surface area contributed by atoms with Crippen LogP contribution in [0.2, 0.25) is 18.1 Å². The molecule has 0 aromatic heterocycles. The molecule has 0 aromatic rings. The maximum absolute atomic E-state index is 12.8. The second kappa shape index (κ2) is 7.03. The van der Waals surface area contributed by atoms with Gasteiger partial charge < -0.3 is 19.4 Å². The summed E-state index contributed by atoms with van der Waals surface area (Å²) in [4.78, 5) is 28.4. The van der Waals surface area contributed by atoms with Gasteiger partial charge in [0.1, 0.15) is 5.60 Å². The molecule has 2 fully saturated rings. The van der Waals surface area contributed by atoms with Gasteiger partial charge in [-0.1, -0.05) is 20.8 Å². The van der Waals surface area contributed by atoms with Crippen molar-refractivity contribution in [1.82, 2.24) is 15.1 Å². The standard InChI is InChI=1S/C18H35N3O4Si/c1-17(2,3)25-16(23)21-10-9-20-13(11-19-15(20)22)14(21)12-24-26(7,8)18(4,5)6/h13-14H,9-12H2,1-8H3,(H,19,22)/t13?,14-/m1/s1. The third kappa shape index (κ3) is 4.51. The van der Waals surface area contributed by atoms with Gasteiger partial charge in [-0.05, 0) is 38.9 Å². The van der Waals surface area contributed by atoms with Crippen LogP contribution in [0.4, 0.5) is 9.59 Å². The van der Waals surface area contributed by atoms with E-state index in [1.807, 2.05) is 25.7 Å². The van der Waals surface area contributed by atoms with Crippen LogP contribution in [0.1, 0.15) is 41.5 Å². The number of hydrogen-bond donors (Lipinski definition) is 1. The van der Waals surface area contributed by atoms with E-state index in [1.54, 1.807) is 4.90 Å². The molecule has 2 saturated heterocycles. The lowest BCUT2D eigenvalue weighted by molar-refractivity contribution is -0.0155. The molecule has 7 nitrogen and oxygen atoms in total. The second-order valence-electron chi connectivity index (χ2n) is 9.76. The molecule has 0 spiro atoms. The van der Waals surface area contributed by atoms with Crippen molar-refractivity contribution in [3.05, 3.63) is 0 Å². The Hall–Kier alpha value is -1.28. The molecule has 2 aliphatic rings. The first kappa shape index (κ1) is 21.0. The first-order chi connectivity index (χ1) is 11.7. The molecule has 8 heteroatoms. The average Bonchev–Trinajstić information content (AvgIpc) is 2.83. The Kier molecular flexibility index (Phi) is 5.69. The van der Waals surface area contributed by atoms with Crippen molar-refractivity contribution in [1.29, 1.82) is 0 Å². The minimum atomic E-state index is -1.96. The summed E-state index contributed by atoms with van der Waals surface area (Å²) in [5.41, 5.74) is -0.553. The number of piperazine rings is 1. The number of carbonyl (C=O) groups excluding carboxylic acids is 2. The Morgan fingerprint density at radius 2 is 1.81 bits per heavy atom. The molecule has 2 atom stereocenters. The number of rotatable bonds is 3. The Bertz CT molecular complexity index is 554. The number of hydrogen-bond acceptors (Lipinski definition) is 4. The van der Waals surface area contributed by atoms with Gasteiger partial charge in [-0.25, -0.2) is 9.59 Å². The van der Waals surface area contributed by atoms with E-state index < -0.39 is 13.9 Å². The van der Waals surface area contributed by atoms with Crippen LogP contribution in [0.15, 0.2) is 0 Å². The van der Waals surface area contributed by atoms with Crippen molar-refractivity contribution >= 4 is 20.4 Å². The van der Waals surface area contributed by atoms with Crippen LogP contribution in [0, 0.1) is 0 Å². The van der Waals surface area contributed by atoms with Gasteiger partial charge in [0.05, 0.1) is 18.7 Å². The average molecular weight is 386 g/mol. The summed E-state index contributed by atoms with van der Waals surface area (Å²) in [6.07, 6.45) is -0.333. The summed E-state index contributed by atoms with van der Waals surface area (Å²) in [6, 6.07) is -0.337. The quantitative estimate of drug-likeness (QED) is 0.758. The van der Waals surface area contributed by atoms with Crippen molar-refractivity contribution in [2.24, 2.45) is 0 Å². The van der Waals surface area contributed by atoms with Gasteiger partial charge in [0, 0.05) is 19.6 Å². The highest BCUT2D eigenvalue weighted by Gasteiger charge is 2.47. The number of nitrogens with one attached hydrogen (secondary N) is 1. The van der Waals surface area contributed by atoms with E-state index in [1.165, 1.54) is 0 Å². The maximum Gasteiger partial charge on any atom is 0.410 e. The van der Waals surface area contributed by atoms with E-state index in [0.717, 1.165) is 0 Å². The summed E-state index contributed by atoms with van der Waals surface area (Å²) in [5.74, 6) is 0.